The standard InChI is InChI=1S/C18H23ClN2O2/c19-14-1-3-15(4-2-14)21-16(22)10-20-17-6-12-5-13(7-17)9-18(23,8-12)11-17/h1-4,12-13,20,23H,5-11H2,(H,21,22). The summed E-state index contributed by atoms with van der Waals surface area (Å²) in [6, 6.07) is 7.12. The summed E-state index contributed by atoms with van der Waals surface area (Å²) in [6.07, 6.45) is 6.14. The van der Waals surface area contributed by atoms with Crippen LogP contribution >= 0.6 is 11.6 Å². The molecule has 0 aromatic heterocycles. The highest BCUT2D eigenvalue weighted by atomic mass is 35.5. The Morgan fingerprint density at radius 3 is 2.43 bits per heavy atom. The Morgan fingerprint density at radius 2 is 1.83 bits per heavy atom. The van der Waals surface area contributed by atoms with Crippen molar-refractivity contribution in [3.05, 3.63) is 29.3 Å². The highest BCUT2D eigenvalue weighted by Gasteiger charge is 2.56. The number of benzene rings is 1. The van der Waals surface area contributed by atoms with Gasteiger partial charge in [-0.05, 0) is 74.6 Å². The zero-order chi connectivity index (χ0) is 16.1. The summed E-state index contributed by atoms with van der Waals surface area (Å²) < 4.78 is 0. The number of anilines is 1. The van der Waals surface area contributed by atoms with Gasteiger partial charge in [-0.3, -0.25) is 4.79 Å². The minimum Gasteiger partial charge on any atom is -0.390 e. The normalized spacial score (nSPS) is 37.8. The Kier molecular flexibility index (Phi) is 3.67. The molecule has 4 saturated carbocycles. The third-order valence-electron chi connectivity index (χ3n) is 5.78. The maximum Gasteiger partial charge on any atom is 0.238 e. The Labute approximate surface area is 141 Å². The molecule has 2 unspecified atom stereocenters. The molecule has 4 nitrogen and oxygen atoms in total. The summed E-state index contributed by atoms with van der Waals surface area (Å²) in [7, 11) is 0. The van der Waals surface area contributed by atoms with Gasteiger partial charge in [0, 0.05) is 16.2 Å². The van der Waals surface area contributed by atoms with Crippen LogP contribution in [0.25, 0.3) is 0 Å². The second-order valence-electron chi connectivity index (χ2n) is 7.87. The van der Waals surface area contributed by atoms with Gasteiger partial charge in [0.15, 0.2) is 0 Å². The molecule has 1 amide bonds. The quantitative estimate of drug-likeness (QED) is 0.793. The van der Waals surface area contributed by atoms with Crippen molar-refractivity contribution >= 4 is 23.2 Å². The maximum atomic E-state index is 12.2. The molecule has 3 N–H and O–H groups in total. The lowest BCUT2D eigenvalue weighted by Crippen LogP contribution is -2.65. The first-order chi connectivity index (χ1) is 10.9. The number of carbonyl (C=O) groups is 1. The molecule has 23 heavy (non-hydrogen) atoms. The van der Waals surface area contributed by atoms with Gasteiger partial charge in [0.2, 0.25) is 5.91 Å². The minimum atomic E-state index is -0.496. The average Bonchev–Trinajstić information content (AvgIpc) is 2.45. The van der Waals surface area contributed by atoms with Crippen LogP contribution in [0.3, 0.4) is 0 Å². The summed E-state index contributed by atoms with van der Waals surface area (Å²) in [4.78, 5) is 12.2. The van der Waals surface area contributed by atoms with Crippen LogP contribution in [-0.4, -0.2) is 28.7 Å². The molecule has 4 aliphatic carbocycles. The molecule has 2 atom stereocenters. The van der Waals surface area contributed by atoms with E-state index in [4.69, 9.17) is 11.6 Å². The zero-order valence-electron chi connectivity index (χ0n) is 13.1. The highest BCUT2D eigenvalue weighted by molar-refractivity contribution is 6.30. The second kappa shape index (κ2) is 5.47. The van der Waals surface area contributed by atoms with Crippen molar-refractivity contribution in [1.82, 2.24) is 5.32 Å². The van der Waals surface area contributed by atoms with Crippen molar-refractivity contribution in [2.24, 2.45) is 11.8 Å². The highest BCUT2D eigenvalue weighted by Crippen LogP contribution is 2.57. The van der Waals surface area contributed by atoms with Crippen molar-refractivity contribution in [2.45, 2.75) is 49.7 Å². The monoisotopic (exact) mass is 334 g/mol. The first-order valence-electron chi connectivity index (χ1n) is 8.47. The summed E-state index contributed by atoms with van der Waals surface area (Å²) in [5.74, 6) is 1.19. The summed E-state index contributed by atoms with van der Waals surface area (Å²) >= 11 is 5.85. The number of rotatable bonds is 4. The lowest BCUT2D eigenvalue weighted by atomic mass is 9.51. The van der Waals surface area contributed by atoms with Gasteiger partial charge >= 0.3 is 0 Å². The van der Waals surface area contributed by atoms with Crippen molar-refractivity contribution in [3.63, 3.8) is 0 Å². The number of carbonyl (C=O) groups excluding carboxylic acids is 1. The number of nitrogens with one attached hydrogen (secondary N) is 2. The molecule has 1 aromatic rings. The summed E-state index contributed by atoms with van der Waals surface area (Å²) in [5, 5.41) is 17.8. The van der Waals surface area contributed by atoms with Gasteiger partial charge in [0.05, 0.1) is 12.1 Å². The average molecular weight is 335 g/mol. The van der Waals surface area contributed by atoms with Gasteiger partial charge in [0.1, 0.15) is 0 Å². The van der Waals surface area contributed by atoms with E-state index in [1.54, 1.807) is 24.3 Å². The van der Waals surface area contributed by atoms with Crippen molar-refractivity contribution in [3.8, 4) is 0 Å². The van der Waals surface area contributed by atoms with Crippen molar-refractivity contribution in [2.75, 3.05) is 11.9 Å². The third-order valence-corrected chi connectivity index (χ3v) is 6.03. The Balaban J connectivity index is 1.37. The molecule has 0 radical (unpaired) electrons. The molecular formula is C18H23ClN2O2. The molecule has 4 aliphatic rings. The minimum absolute atomic E-state index is 0.0455. The van der Waals surface area contributed by atoms with E-state index >= 15 is 0 Å². The van der Waals surface area contributed by atoms with Crippen LogP contribution < -0.4 is 10.6 Å². The van der Waals surface area contributed by atoms with Gasteiger partial charge in [-0.1, -0.05) is 11.6 Å². The maximum absolute atomic E-state index is 12.2. The van der Waals surface area contributed by atoms with Crippen LogP contribution in [0.2, 0.25) is 5.02 Å². The lowest BCUT2D eigenvalue weighted by Gasteiger charge is -2.60. The van der Waals surface area contributed by atoms with Crippen molar-refractivity contribution < 1.29 is 9.90 Å². The van der Waals surface area contributed by atoms with Crippen LogP contribution in [0.5, 0.6) is 0 Å². The topological polar surface area (TPSA) is 61.4 Å². The zero-order valence-corrected chi connectivity index (χ0v) is 13.9. The van der Waals surface area contributed by atoms with Gasteiger partial charge < -0.3 is 15.7 Å². The predicted octanol–water partition coefficient (Wildman–Crippen LogP) is 2.95. The molecule has 5 heteroatoms. The number of hydrogen-bond donors (Lipinski definition) is 3. The molecule has 0 spiro atoms. The SMILES string of the molecule is O=C(CNC12CC3CC(CC(O)(C3)C1)C2)Nc1ccc(Cl)cc1. The van der Waals surface area contributed by atoms with E-state index < -0.39 is 5.60 Å². The Morgan fingerprint density at radius 1 is 1.17 bits per heavy atom. The summed E-state index contributed by atoms with van der Waals surface area (Å²) in [6.45, 7) is 0.290. The molecule has 4 fully saturated rings. The fourth-order valence-corrected chi connectivity index (χ4v) is 5.55. The van der Waals surface area contributed by atoms with E-state index in [1.807, 2.05) is 0 Å². The van der Waals surface area contributed by atoms with E-state index in [2.05, 4.69) is 10.6 Å². The fourth-order valence-electron chi connectivity index (χ4n) is 5.43. The van der Waals surface area contributed by atoms with Crippen LogP contribution in [0.15, 0.2) is 24.3 Å². The fraction of sp³-hybridized carbons (Fsp3) is 0.611. The smallest absolute Gasteiger partial charge is 0.238 e. The molecule has 124 valence electrons. The van der Waals surface area contributed by atoms with E-state index in [0.717, 1.165) is 37.8 Å². The number of halogens is 1. The first-order valence-corrected chi connectivity index (χ1v) is 8.84. The number of aliphatic hydroxyl groups is 1. The second-order valence-corrected chi connectivity index (χ2v) is 8.31. The van der Waals surface area contributed by atoms with E-state index in [9.17, 15) is 9.90 Å². The Bertz CT molecular complexity index is 602. The largest absolute Gasteiger partial charge is 0.390 e. The van der Waals surface area contributed by atoms with Gasteiger partial charge in [0.25, 0.3) is 0 Å². The molecule has 1 aromatic carbocycles. The van der Waals surface area contributed by atoms with Gasteiger partial charge in [-0.15, -0.1) is 0 Å². The molecule has 0 heterocycles. The third kappa shape index (κ3) is 3.12. The van der Waals surface area contributed by atoms with Gasteiger partial charge in [-0.25, -0.2) is 0 Å². The summed E-state index contributed by atoms with van der Waals surface area (Å²) in [5.41, 5.74) is 0.213. The first kappa shape index (κ1) is 15.4. The molecule has 0 aliphatic heterocycles. The van der Waals surface area contributed by atoms with Crippen LogP contribution in [0.1, 0.15) is 38.5 Å². The van der Waals surface area contributed by atoms with Gasteiger partial charge in [-0.2, -0.15) is 0 Å². The predicted molar refractivity (Wildman–Crippen MR) is 90.4 cm³/mol. The lowest BCUT2D eigenvalue weighted by molar-refractivity contribution is -0.144. The number of amides is 1. The van der Waals surface area contributed by atoms with Crippen LogP contribution in [-0.2, 0) is 4.79 Å². The van der Waals surface area contributed by atoms with Crippen LogP contribution in [0.4, 0.5) is 5.69 Å². The van der Waals surface area contributed by atoms with E-state index in [-0.39, 0.29) is 18.0 Å². The molecule has 0 saturated heterocycles. The van der Waals surface area contributed by atoms with E-state index in [0.29, 0.717) is 16.9 Å². The van der Waals surface area contributed by atoms with Crippen LogP contribution in [0, 0.1) is 11.8 Å². The Hall–Kier alpha value is -1.10. The van der Waals surface area contributed by atoms with E-state index in [1.165, 1.54) is 6.42 Å². The van der Waals surface area contributed by atoms with Crippen molar-refractivity contribution in [1.29, 1.82) is 0 Å². The molecule has 4 bridgehead atoms. The number of hydrogen-bond acceptors (Lipinski definition) is 3. The molecule has 5 rings (SSSR count). The molecular weight excluding hydrogens is 312 g/mol.